The molecule has 0 spiro atoms. The van der Waals surface area contributed by atoms with Crippen LogP contribution in [0.15, 0.2) is 18.9 Å². The van der Waals surface area contributed by atoms with Crippen molar-refractivity contribution in [1.82, 2.24) is 19.5 Å². The summed E-state index contributed by atoms with van der Waals surface area (Å²) < 4.78 is 2.05. The Morgan fingerprint density at radius 3 is 2.94 bits per heavy atom. The molecule has 0 amide bonds. The molecule has 2 aromatic heterocycles. The van der Waals surface area contributed by atoms with Crippen LogP contribution < -0.4 is 0 Å². The Balaban J connectivity index is 0.000000963. The van der Waals surface area contributed by atoms with Gasteiger partial charge in [-0.25, -0.2) is 15.0 Å². The molecule has 86 valence electrons. The lowest BCUT2D eigenvalue weighted by Gasteiger charge is -2.11. The highest BCUT2D eigenvalue weighted by atomic mass is 35.5. The Bertz CT molecular complexity index is 486. The molecule has 0 aliphatic heterocycles. The molecule has 1 aliphatic rings. The standard InChI is InChI=1S/C10H12N4O.ClH/c15-8-2-1-7(3-8)14-6-13-9-4-11-5-12-10(9)14;/h4-8,15H,1-3H2;1H/t7-,8-;/m0./s1. The van der Waals surface area contributed by atoms with Gasteiger partial charge < -0.3 is 9.67 Å². The van der Waals surface area contributed by atoms with Crippen molar-refractivity contribution in [3.05, 3.63) is 18.9 Å². The minimum atomic E-state index is -0.172. The summed E-state index contributed by atoms with van der Waals surface area (Å²) in [7, 11) is 0. The fourth-order valence-corrected chi connectivity index (χ4v) is 2.24. The van der Waals surface area contributed by atoms with Crippen molar-refractivity contribution >= 4 is 23.6 Å². The molecule has 16 heavy (non-hydrogen) atoms. The van der Waals surface area contributed by atoms with Crippen molar-refractivity contribution in [1.29, 1.82) is 0 Å². The number of fused-ring (bicyclic) bond motifs is 1. The lowest BCUT2D eigenvalue weighted by Crippen LogP contribution is -2.06. The highest BCUT2D eigenvalue weighted by Crippen LogP contribution is 2.31. The first-order valence-electron chi connectivity index (χ1n) is 5.15. The number of aliphatic hydroxyl groups excluding tert-OH is 1. The number of rotatable bonds is 1. The zero-order valence-electron chi connectivity index (χ0n) is 8.65. The summed E-state index contributed by atoms with van der Waals surface area (Å²) in [6.07, 6.45) is 7.54. The van der Waals surface area contributed by atoms with Crippen LogP contribution >= 0.6 is 12.4 Å². The highest BCUT2D eigenvalue weighted by Gasteiger charge is 2.25. The molecular weight excluding hydrogens is 228 g/mol. The summed E-state index contributed by atoms with van der Waals surface area (Å²) in [5, 5.41) is 9.50. The lowest BCUT2D eigenvalue weighted by molar-refractivity contribution is 0.178. The number of imidazole rings is 1. The van der Waals surface area contributed by atoms with Gasteiger partial charge in [0.2, 0.25) is 0 Å². The van der Waals surface area contributed by atoms with Gasteiger partial charge in [0.25, 0.3) is 0 Å². The maximum absolute atomic E-state index is 9.50. The second kappa shape index (κ2) is 4.35. The summed E-state index contributed by atoms with van der Waals surface area (Å²) in [5.74, 6) is 0. The van der Waals surface area contributed by atoms with Crippen LogP contribution in [0.25, 0.3) is 11.2 Å². The van der Waals surface area contributed by atoms with Crippen molar-refractivity contribution in [2.24, 2.45) is 0 Å². The molecule has 2 heterocycles. The van der Waals surface area contributed by atoms with Gasteiger partial charge in [0.1, 0.15) is 11.8 Å². The summed E-state index contributed by atoms with van der Waals surface area (Å²) in [6, 6.07) is 0.333. The molecule has 1 aliphatic carbocycles. The molecule has 2 aromatic rings. The minimum absolute atomic E-state index is 0. The Labute approximate surface area is 99.0 Å². The topological polar surface area (TPSA) is 63.8 Å². The van der Waals surface area contributed by atoms with Crippen molar-refractivity contribution in [3.8, 4) is 0 Å². The summed E-state index contributed by atoms with van der Waals surface area (Å²) in [5.41, 5.74) is 1.68. The van der Waals surface area contributed by atoms with Gasteiger partial charge in [0.15, 0.2) is 5.65 Å². The van der Waals surface area contributed by atoms with Crippen LogP contribution in [0.1, 0.15) is 25.3 Å². The molecule has 1 N–H and O–H groups in total. The van der Waals surface area contributed by atoms with E-state index in [4.69, 9.17) is 0 Å². The number of halogens is 1. The van der Waals surface area contributed by atoms with Crippen LogP contribution in [0.3, 0.4) is 0 Å². The van der Waals surface area contributed by atoms with Crippen LogP contribution in [0, 0.1) is 0 Å². The maximum atomic E-state index is 9.50. The van der Waals surface area contributed by atoms with E-state index in [1.165, 1.54) is 6.33 Å². The third kappa shape index (κ3) is 1.76. The SMILES string of the molecule is Cl.O[C@H]1CC[C@H](n2cnc3cncnc32)C1. The predicted octanol–water partition coefficient (Wildman–Crippen LogP) is 1.33. The van der Waals surface area contributed by atoms with E-state index in [0.29, 0.717) is 6.04 Å². The fourth-order valence-electron chi connectivity index (χ4n) is 2.24. The van der Waals surface area contributed by atoms with E-state index in [0.717, 1.165) is 30.4 Å². The lowest BCUT2D eigenvalue weighted by atomic mass is 10.2. The number of aromatic nitrogens is 4. The predicted molar refractivity (Wildman–Crippen MR) is 61.5 cm³/mol. The van der Waals surface area contributed by atoms with Crippen molar-refractivity contribution in [2.75, 3.05) is 0 Å². The molecule has 1 saturated carbocycles. The molecular formula is C10H13ClN4O. The minimum Gasteiger partial charge on any atom is -0.393 e. The van der Waals surface area contributed by atoms with Gasteiger partial charge in [-0.15, -0.1) is 12.4 Å². The number of hydrogen-bond acceptors (Lipinski definition) is 4. The third-order valence-electron chi connectivity index (χ3n) is 3.01. The summed E-state index contributed by atoms with van der Waals surface area (Å²) in [4.78, 5) is 12.4. The van der Waals surface area contributed by atoms with Crippen LogP contribution in [0.2, 0.25) is 0 Å². The molecule has 0 radical (unpaired) electrons. The molecule has 5 nitrogen and oxygen atoms in total. The molecule has 0 saturated heterocycles. The summed E-state index contributed by atoms with van der Waals surface area (Å²) in [6.45, 7) is 0. The Morgan fingerprint density at radius 1 is 1.31 bits per heavy atom. The van der Waals surface area contributed by atoms with Crippen LogP contribution in [0.4, 0.5) is 0 Å². The van der Waals surface area contributed by atoms with E-state index in [1.807, 2.05) is 4.57 Å². The van der Waals surface area contributed by atoms with E-state index < -0.39 is 0 Å². The van der Waals surface area contributed by atoms with Crippen molar-refractivity contribution < 1.29 is 5.11 Å². The van der Waals surface area contributed by atoms with Crippen LogP contribution in [0.5, 0.6) is 0 Å². The van der Waals surface area contributed by atoms with Gasteiger partial charge in [-0.1, -0.05) is 0 Å². The van der Waals surface area contributed by atoms with Gasteiger partial charge in [-0.2, -0.15) is 0 Å². The third-order valence-corrected chi connectivity index (χ3v) is 3.01. The van der Waals surface area contributed by atoms with Gasteiger partial charge in [-0.05, 0) is 19.3 Å². The number of aliphatic hydroxyl groups is 1. The molecule has 3 rings (SSSR count). The van der Waals surface area contributed by atoms with Crippen LogP contribution in [-0.2, 0) is 0 Å². The molecule has 6 heteroatoms. The van der Waals surface area contributed by atoms with Crippen molar-refractivity contribution in [2.45, 2.75) is 31.4 Å². The average molecular weight is 241 g/mol. The molecule has 0 unspecified atom stereocenters. The van der Waals surface area contributed by atoms with Crippen LogP contribution in [-0.4, -0.2) is 30.7 Å². The quantitative estimate of drug-likeness (QED) is 0.817. The zero-order chi connectivity index (χ0) is 10.3. The smallest absolute Gasteiger partial charge is 0.163 e. The van der Waals surface area contributed by atoms with E-state index in [2.05, 4.69) is 15.0 Å². The molecule has 2 atom stereocenters. The highest BCUT2D eigenvalue weighted by molar-refractivity contribution is 5.85. The largest absolute Gasteiger partial charge is 0.393 e. The van der Waals surface area contributed by atoms with Gasteiger partial charge >= 0.3 is 0 Å². The Hall–Kier alpha value is -1.20. The second-order valence-electron chi connectivity index (χ2n) is 4.00. The number of nitrogens with zero attached hydrogens (tertiary/aromatic N) is 4. The Morgan fingerprint density at radius 2 is 2.19 bits per heavy atom. The summed E-state index contributed by atoms with van der Waals surface area (Å²) >= 11 is 0. The normalized spacial score (nSPS) is 24.6. The Kier molecular flexibility index (Phi) is 3.07. The van der Waals surface area contributed by atoms with E-state index in [-0.39, 0.29) is 18.5 Å². The second-order valence-corrected chi connectivity index (χ2v) is 4.00. The van der Waals surface area contributed by atoms with E-state index in [9.17, 15) is 5.11 Å². The maximum Gasteiger partial charge on any atom is 0.163 e. The first kappa shape index (κ1) is 11.3. The molecule has 0 bridgehead atoms. The zero-order valence-corrected chi connectivity index (χ0v) is 9.47. The van der Waals surface area contributed by atoms with Gasteiger partial charge in [-0.3, -0.25) is 0 Å². The monoisotopic (exact) mass is 240 g/mol. The molecule has 1 fully saturated rings. The number of hydrogen-bond donors (Lipinski definition) is 1. The first-order valence-corrected chi connectivity index (χ1v) is 5.15. The van der Waals surface area contributed by atoms with Gasteiger partial charge in [0, 0.05) is 6.04 Å². The first-order chi connectivity index (χ1) is 7.34. The van der Waals surface area contributed by atoms with Crippen molar-refractivity contribution in [3.63, 3.8) is 0 Å². The average Bonchev–Trinajstić information content (AvgIpc) is 2.83. The molecule has 0 aromatic carbocycles. The van der Waals surface area contributed by atoms with E-state index >= 15 is 0 Å². The van der Waals surface area contributed by atoms with Gasteiger partial charge in [0.05, 0.1) is 18.6 Å². The fraction of sp³-hybridized carbons (Fsp3) is 0.500. The van der Waals surface area contributed by atoms with E-state index in [1.54, 1.807) is 12.5 Å².